The van der Waals surface area contributed by atoms with Crippen molar-refractivity contribution in [2.24, 2.45) is 0 Å². The van der Waals surface area contributed by atoms with E-state index in [0.29, 0.717) is 36.6 Å². The van der Waals surface area contributed by atoms with Gasteiger partial charge < -0.3 is 14.8 Å². The van der Waals surface area contributed by atoms with Gasteiger partial charge in [-0.25, -0.2) is 4.68 Å². The van der Waals surface area contributed by atoms with Crippen LogP contribution in [0.4, 0.5) is 0 Å². The average molecular weight is 347 g/mol. The van der Waals surface area contributed by atoms with E-state index < -0.39 is 0 Å². The highest BCUT2D eigenvalue weighted by Crippen LogP contribution is 2.15. The molecule has 0 aliphatic rings. The van der Waals surface area contributed by atoms with Crippen molar-refractivity contribution >= 4 is 11.9 Å². The Bertz CT molecular complexity index is 727. The molecule has 0 aliphatic heterocycles. The summed E-state index contributed by atoms with van der Waals surface area (Å²) in [6.07, 6.45) is 2.87. The third-order valence-electron chi connectivity index (χ3n) is 3.57. The molecule has 1 N–H and O–H groups in total. The van der Waals surface area contributed by atoms with Crippen molar-refractivity contribution in [3.8, 4) is 11.7 Å². The Labute approximate surface area is 145 Å². The number of carbonyl (C=O) groups excluding carboxylic acids is 2. The van der Waals surface area contributed by atoms with Crippen molar-refractivity contribution < 1.29 is 19.1 Å². The zero-order valence-electron chi connectivity index (χ0n) is 14.5. The number of ether oxygens (including phenoxy) is 2. The number of nitrogens with zero attached hydrogens (tertiary/aromatic N) is 4. The van der Waals surface area contributed by atoms with E-state index in [1.807, 2.05) is 6.92 Å². The van der Waals surface area contributed by atoms with Crippen molar-refractivity contribution in [1.29, 1.82) is 0 Å². The van der Waals surface area contributed by atoms with Crippen LogP contribution in [-0.4, -0.2) is 52.6 Å². The minimum Gasteiger partial charge on any atom is -0.480 e. The molecule has 2 heterocycles. The van der Waals surface area contributed by atoms with Crippen LogP contribution in [0.3, 0.4) is 0 Å². The summed E-state index contributed by atoms with van der Waals surface area (Å²) in [5, 5.41) is 15.0. The normalized spacial score (nSPS) is 10.4. The molecule has 1 amide bonds. The van der Waals surface area contributed by atoms with Crippen molar-refractivity contribution in [3.63, 3.8) is 0 Å². The fourth-order valence-electron chi connectivity index (χ4n) is 2.27. The molecule has 25 heavy (non-hydrogen) atoms. The fourth-order valence-corrected chi connectivity index (χ4v) is 2.27. The SMILES string of the molecule is CCc1c(C(=O)NCCCC(=O)OC)cnn1-c1ccc(OC)nn1. The van der Waals surface area contributed by atoms with E-state index in [0.717, 1.165) is 5.69 Å². The lowest BCUT2D eigenvalue weighted by molar-refractivity contribution is -0.140. The van der Waals surface area contributed by atoms with Crippen molar-refractivity contribution in [1.82, 2.24) is 25.3 Å². The van der Waals surface area contributed by atoms with Crippen LogP contribution in [0.5, 0.6) is 5.88 Å². The fraction of sp³-hybridized carbons (Fsp3) is 0.438. The van der Waals surface area contributed by atoms with Gasteiger partial charge >= 0.3 is 5.97 Å². The monoisotopic (exact) mass is 347 g/mol. The van der Waals surface area contributed by atoms with Gasteiger partial charge in [0.15, 0.2) is 5.82 Å². The number of hydrogen-bond acceptors (Lipinski definition) is 7. The van der Waals surface area contributed by atoms with Gasteiger partial charge in [0.1, 0.15) is 0 Å². The van der Waals surface area contributed by atoms with Crippen molar-refractivity contribution in [3.05, 3.63) is 29.6 Å². The molecule has 2 aromatic heterocycles. The second-order valence-electron chi connectivity index (χ2n) is 5.14. The van der Waals surface area contributed by atoms with Gasteiger partial charge in [0.25, 0.3) is 5.91 Å². The molecule has 2 aromatic rings. The highest BCUT2D eigenvalue weighted by molar-refractivity contribution is 5.95. The highest BCUT2D eigenvalue weighted by atomic mass is 16.5. The Balaban J connectivity index is 2.07. The number of nitrogens with one attached hydrogen (secondary N) is 1. The molecule has 0 spiro atoms. The summed E-state index contributed by atoms with van der Waals surface area (Å²) in [6, 6.07) is 3.39. The van der Waals surface area contributed by atoms with Gasteiger partial charge in [-0.3, -0.25) is 9.59 Å². The molecule has 0 saturated heterocycles. The van der Waals surface area contributed by atoms with Crippen LogP contribution in [0.1, 0.15) is 35.8 Å². The second-order valence-corrected chi connectivity index (χ2v) is 5.14. The molecule has 2 rings (SSSR count). The molecule has 0 aliphatic carbocycles. The van der Waals surface area contributed by atoms with Crippen molar-refractivity contribution in [2.45, 2.75) is 26.2 Å². The maximum atomic E-state index is 12.3. The third-order valence-corrected chi connectivity index (χ3v) is 3.57. The zero-order chi connectivity index (χ0) is 18.2. The van der Waals surface area contributed by atoms with Crippen LogP contribution in [-0.2, 0) is 16.0 Å². The van der Waals surface area contributed by atoms with Crippen LogP contribution in [0.15, 0.2) is 18.3 Å². The molecular formula is C16H21N5O4. The van der Waals surface area contributed by atoms with E-state index in [1.165, 1.54) is 20.4 Å². The Morgan fingerprint density at radius 2 is 2.04 bits per heavy atom. The predicted molar refractivity (Wildman–Crippen MR) is 88.7 cm³/mol. The summed E-state index contributed by atoms with van der Waals surface area (Å²) < 4.78 is 11.1. The van der Waals surface area contributed by atoms with E-state index in [-0.39, 0.29) is 18.3 Å². The number of rotatable bonds is 8. The van der Waals surface area contributed by atoms with Crippen LogP contribution < -0.4 is 10.1 Å². The lowest BCUT2D eigenvalue weighted by atomic mass is 10.2. The minimum absolute atomic E-state index is 0.241. The van der Waals surface area contributed by atoms with E-state index in [9.17, 15) is 9.59 Å². The van der Waals surface area contributed by atoms with Gasteiger partial charge in [-0.05, 0) is 18.9 Å². The minimum atomic E-state index is -0.297. The summed E-state index contributed by atoms with van der Waals surface area (Å²) in [5.74, 6) is 0.365. The molecule has 0 saturated carbocycles. The molecule has 0 radical (unpaired) electrons. The molecule has 0 atom stereocenters. The first-order chi connectivity index (χ1) is 12.1. The van der Waals surface area contributed by atoms with Gasteiger partial charge in [-0.2, -0.15) is 5.10 Å². The van der Waals surface area contributed by atoms with Crippen molar-refractivity contribution in [2.75, 3.05) is 20.8 Å². The molecule has 0 fully saturated rings. The van der Waals surface area contributed by atoms with Gasteiger partial charge in [0.2, 0.25) is 5.88 Å². The Morgan fingerprint density at radius 1 is 1.24 bits per heavy atom. The van der Waals surface area contributed by atoms with Crippen LogP contribution in [0.2, 0.25) is 0 Å². The molecule has 9 nitrogen and oxygen atoms in total. The molecular weight excluding hydrogens is 326 g/mol. The number of esters is 1. The van der Waals surface area contributed by atoms with E-state index in [2.05, 4.69) is 25.3 Å². The molecule has 0 aromatic carbocycles. The summed E-state index contributed by atoms with van der Waals surface area (Å²) in [6.45, 7) is 2.31. The number of carbonyl (C=O) groups is 2. The number of methoxy groups -OCH3 is 2. The average Bonchev–Trinajstić information content (AvgIpc) is 3.08. The standard InChI is InChI=1S/C16H21N5O4/c1-4-12-11(16(23)17-9-5-6-15(22)25-3)10-18-21(12)13-7-8-14(24-2)20-19-13/h7-8,10H,4-6,9H2,1-3H3,(H,17,23). The maximum Gasteiger partial charge on any atom is 0.305 e. The molecule has 0 bridgehead atoms. The van der Waals surface area contributed by atoms with Crippen LogP contribution in [0.25, 0.3) is 5.82 Å². The summed E-state index contributed by atoms with van der Waals surface area (Å²) >= 11 is 0. The number of aromatic nitrogens is 4. The number of amides is 1. The van der Waals surface area contributed by atoms with Gasteiger partial charge in [-0.1, -0.05) is 6.92 Å². The lowest BCUT2D eigenvalue weighted by Crippen LogP contribution is -2.25. The summed E-state index contributed by atoms with van der Waals surface area (Å²) in [5.41, 5.74) is 1.20. The van der Waals surface area contributed by atoms with Gasteiger partial charge in [0.05, 0.1) is 31.7 Å². The third kappa shape index (κ3) is 4.52. The lowest BCUT2D eigenvalue weighted by Gasteiger charge is -2.08. The van der Waals surface area contributed by atoms with Crippen LogP contribution in [0, 0.1) is 0 Å². The first kappa shape index (κ1) is 18.4. The summed E-state index contributed by atoms with van der Waals surface area (Å²) in [4.78, 5) is 23.4. The second kappa shape index (κ2) is 8.76. The van der Waals surface area contributed by atoms with Crippen LogP contribution >= 0.6 is 0 Å². The Kier molecular flexibility index (Phi) is 6.44. The quantitative estimate of drug-likeness (QED) is 0.558. The first-order valence-corrected chi connectivity index (χ1v) is 7.90. The molecule has 9 heteroatoms. The number of hydrogen-bond donors (Lipinski definition) is 1. The maximum absolute atomic E-state index is 12.3. The Hall–Kier alpha value is -2.97. The molecule has 0 unspecified atom stereocenters. The Morgan fingerprint density at radius 3 is 2.64 bits per heavy atom. The van der Waals surface area contributed by atoms with E-state index in [1.54, 1.807) is 16.8 Å². The first-order valence-electron chi connectivity index (χ1n) is 7.90. The van der Waals surface area contributed by atoms with E-state index >= 15 is 0 Å². The highest BCUT2D eigenvalue weighted by Gasteiger charge is 2.17. The zero-order valence-corrected chi connectivity index (χ0v) is 14.5. The van der Waals surface area contributed by atoms with Gasteiger partial charge in [0, 0.05) is 19.0 Å². The van der Waals surface area contributed by atoms with E-state index in [4.69, 9.17) is 4.74 Å². The predicted octanol–water partition coefficient (Wildman–Crippen LogP) is 0.916. The largest absolute Gasteiger partial charge is 0.480 e. The summed E-state index contributed by atoms with van der Waals surface area (Å²) in [7, 11) is 2.85. The molecule has 134 valence electrons. The topological polar surface area (TPSA) is 108 Å². The smallest absolute Gasteiger partial charge is 0.305 e. The van der Waals surface area contributed by atoms with Gasteiger partial charge in [-0.15, -0.1) is 10.2 Å².